The third kappa shape index (κ3) is 7.20. The van der Waals surface area contributed by atoms with Crippen LogP contribution in [0.5, 0.6) is 0 Å². The molecule has 0 bridgehead atoms. The van der Waals surface area contributed by atoms with Crippen molar-refractivity contribution in [2.45, 2.75) is 31.0 Å². The first-order valence-corrected chi connectivity index (χ1v) is 9.10. The summed E-state index contributed by atoms with van der Waals surface area (Å²) in [6.07, 6.45) is 3.50. The summed E-state index contributed by atoms with van der Waals surface area (Å²) in [4.78, 5) is 11.4. The number of carbonyl (C=O) groups excluding carboxylic acids is 1. The molecule has 1 aromatic rings. The molecule has 0 spiro atoms. The predicted octanol–water partition coefficient (Wildman–Crippen LogP) is 2.93. The first-order valence-electron chi connectivity index (χ1n) is 6.13. The monoisotopic (exact) mass is 378 g/mol. The van der Waals surface area contributed by atoms with E-state index in [2.05, 4.69) is 40.2 Å². The number of alkyl halides is 1. The van der Waals surface area contributed by atoms with E-state index in [0.717, 1.165) is 11.8 Å². The van der Waals surface area contributed by atoms with E-state index in [0.29, 0.717) is 26.4 Å². The quantitative estimate of drug-likeness (QED) is 0.301. The third-order valence-corrected chi connectivity index (χ3v) is 5.61. The Hall–Kier alpha value is -0.311. The van der Waals surface area contributed by atoms with E-state index < -0.39 is 0 Å². The summed E-state index contributed by atoms with van der Waals surface area (Å²) in [5, 5.41) is 1.05. The summed E-state index contributed by atoms with van der Waals surface area (Å²) >= 11 is 3.83. The van der Waals surface area contributed by atoms with Gasteiger partial charge in [-0.15, -0.1) is 0 Å². The van der Waals surface area contributed by atoms with Crippen LogP contribution in [0.3, 0.4) is 0 Å². The van der Waals surface area contributed by atoms with Crippen LogP contribution in [0.2, 0.25) is 4.82 Å². The van der Waals surface area contributed by atoms with Gasteiger partial charge >= 0.3 is 124 Å². The van der Waals surface area contributed by atoms with Crippen LogP contribution < -0.4 is 4.46 Å². The van der Waals surface area contributed by atoms with Crippen molar-refractivity contribution in [2.75, 3.05) is 11.9 Å². The number of halogens is 1. The predicted molar refractivity (Wildman–Crippen MR) is 79.9 cm³/mol. The normalized spacial score (nSPS) is 12.1. The van der Waals surface area contributed by atoms with Gasteiger partial charge in [0.05, 0.1) is 0 Å². The molecule has 0 saturated carbocycles. The molecule has 1 rings (SSSR count). The second-order valence-electron chi connectivity index (χ2n) is 4.04. The van der Waals surface area contributed by atoms with Crippen LogP contribution in [0.4, 0.5) is 0 Å². The van der Waals surface area contributed by atoms with Crippen molar-refractivity contribution in [2.24, 2.45) is 0 Å². The molecule has 0 fully saturated rings. The summed E-state index contributed by atoms with van der Waals surface area (Å²) in [6, 6.07) is 10.5. The van der Waals surface area contributed by atoms with Crippen LogP contribution in [-0.2, 0) is 9.53 Å². The topological polar surface area (TPSA) is 26.3 Å². The molecule has 0 amide bonds. The summed E-state index contributed by atoms with van der Waals surface area (Å²) < 4.78 is 6.55. The first kappa shape index (κ1) is 15.7. The Kier molecular flexibility index (Phi) is 8.40. The van der Waals surface area contributed by atoms with Gasteiger partial charge in [0.1, 0.15) is 0 Å². The molecule has 0 aliphatic heterocycles. The summed E-state index contributed by atoms with van der Waals surface area (Å²) in [5.41, 5.74) is 0. The zero-order valence-electron chi connectivity index (χ0n) is 10.6. The molecule has 0 radical (unpaired) electrons. The molecule has 0 aliphatic rings. The molecule has 0 aliphatic carbocycles. The van der Waals surface area contributed by atoms with Gasteiger partial charge in [0.15, 0.2) is 0 Å². The molecule has 0 heterocycles. The van der Waals surface area contributed by atoms with Gasteiger partial charge in [-0.3, -0.25) is 0 Å². The summed E-state index contributed by atoms with van der Waals surface area (Å²) in [6.45, 7) is 2.04. The van der Waals surface area contributed by atoms with Crippen molar-refractivity contribution in [1.82, 2.24) is 0 Å². The number of unbranched alkanes of at least 4 members (excludes halogenated alkanes) is 1. The Bertz CT molecular complexity index is 343. The van der Waals surface area contributed by atoms with Crippen LogP contribution in [0.25, 0.3) is 0 Å². The standard InChI is InChI=1S/C14H19BrO2Se/c1-12(16)17-11-14(9-5-6-10-15)18-13-7-3-2-4-8-13/h2-4,7-8,14H,5-6,9-11H2,1H3. The maximum atomic E-state index is 10.9. The van der Waals surface area contributed by atoms with Gasteiger partial charge < -0.3 is 0 Å². The van der Waals surface area contributed by atoms with E-state index in [-0.39, 0.29) is 5.97 Å². The number of ether oxygens (including phenoxy) is 1. The van der Waals surface area contributed by atoms with Crippen LogP contribution in [0.1, 0.15) is 26.2 Å². The minimum absolute atomic E-state index is 0.177. The van der Waals surface area contributed by atoms with Crippen molar-refractivity contribution in [3.8, 4) is 0 Å². The van der Waals surface area contributed by atoms with E-state index in [9.17, 15) is 4.79 Å². The molecule has 18 heavy (non-hydrogen) atoms. The maximum absolute atomic E-state index is 10.9. The molecule has 1 atom stereocenters. The van der Waals surface area contributed by atoms with Crippen LogP contribution in [0.15, 0.2) is 30.3 Å². The molecular formula is C14H19BrO2Se. The molecule has 0 N–H and O–H groups in total. The van der Waals surface area contributed by atoms with Crippen LogP contribution in [-0.4, -0.2) is 32.9 Å². The number of benzene rings is 1. The second kappa shape index (κ2) is 9.60. The summed E-state index contributed by atoms with van der Waals surface area (Å²) in [5.74, 6) is -0.177. The van der Waals surface area contributed by atoms with Gasteiger partial charge in [-0.25, -0.2) is 0 Å². The van der Waals surface area contributed by atoms with Gasteiger partial charge in [0.2, 0.25) is 0 Å². The van der Waals surface area contributed by atoms with E-state index in [1.165, 1.54) is 24.2 Å². The van der Waals surface area contributed by atoms with Crippen molar-refractivity contribution in [3.63, 3.8) is 0 Å². The summed E-state index contributed by atoms with van der Waals surface area (Å²) in [7, 11) is 0. The number of hydrogen-bond donors (Lipinski definition) is 0. The number of esters is 1. The average Bonchev–Trinajstić information content (AvgIpc) is 2.37. The average molecular weight is 378 g/mol. The molecule has 4 heteroatoms. The fraction of sp³-hybridized carbons (Fsp3) is 0.500. The van der Waals surface area contributed by atoms with Crippen molar-refractivity contribution < 1.29 is 9.53 Å². The van der Waals surface area contributed by atoms with Crippen molar-refractivity contribution in [3.05, 3.63) is 30.3 Å². The molecule has 0 saturated heterocycles. The zero-order chi connectivity index (χ0) is 13.2. The zero-order valence-corrected chi connectivity index (χ0v) is 13.9. The van der Waals surface area contributed by atoms with E-state index in [4.69, 9.17) is 4.74 Å². The Morgan fingerprint density at radius 1 is 1.33 bits per heavy atom. The van der Waals surface area contributed by atoms with Crippen LogP contribution >= 0.6 is 15.9 Å². The van der Waals surface area contributed by atoms with Crippen molar-refractivity contribution in [1.29, 1.82) is 0 Å². The molecule has 0 aromatic heterocycles. The first-order chi connectivity index (χ1) is 8.72. The Balaban J connectivity index is 2.45. The Morgan fingerprint density at radius 3 is 2.67 bits per heavy atom. The van der Waals surface area contributed by atoms with Crippen molar-refractivity contribution >= 4 is 41.3 Å². The number of rotatable bonds is 8. The number of carbonyl (C=O) groups is 1. The Morgan fingerprint density at radius 2 is 2.06 bits per heavy atom. The molecule has 2 nitrogen and oxygen atoms in total. The van der Waals surface area contributed by atoms with E-state index in [1.807, 2.05) is 6.07 Å². The minimum atomic E-state index is -0.177. The Labute approximate surface area is 124 Å². The number of hydrogen-bond acceptors (Lipinski definition) is 2. The second-order valence-corrected chi connectivity index (χ2v) is 7.72. The van der Waals surface area contributed by atoms with Gasteiger partial charge in [-0.05, 0) is 0 Å². The fourth-order valence-corrected chi connectivity index (χ4v) is 4.29. The van der Waals surface area contributed by atoms with Crippen LogP contribution in [0, 0.1) is 0 Å². The molecule has 1 aromatic carbocycles. The van der Waals surface area contributed by atoms with Gasteiger partial charge in [0, 0.05) is 0 Å². The van der Waals surface area contributed by atoms with E-state index >= 15 is 0 Å². The molecule has 100 valence electrons. The third-order valence-electron chi connectivity index (χ3n) is 2.43. The fourth-order valence-electron chi connectivity index (χ4n) is 1.54. The van der Waals surface area contributed by atoms with E-state index in [1.54, 1.807) is 0 Å². The molecule has 1 unspecified atom stereocenters. The van der Waals surface area contributed by atoms with Gasteiger partial charge in [-0.2, -0.15) is 0 Å². The SMILES string of the molecule is CC(=O)OCC(CCCCBr)[Se]c1ccccc1. The molecular weight excluding hydrogens is 359 g/mol. The van der Waals surface area contributed by atoms with Gasteiger partial charge in [-0.1, -0.05) is 0 Å². The van der Waals surface area contributed by atoms with Gasteiger partial charge in [0.25, 0.3) is 0 Å².